The maximum Gasteiger partial charge on any atom is 0.244 e. The molecule has 1 N–H and O–H groups in total. The number of amides is 3. The number of anilines is 1. The Hall–Kier alpha value is -1.30. The van der Waals surface area contributed by atoms with Crippen molar-refractivity contribution in [3.05, 3.63) is 27.2 Å². The van der Waals surface area contributed by atoms with Crippen molar-refractivity contribution >= 4 is 58.2 Å². The Kier molecular flexibility index (Phi) is 5.28. The molecule has 0 atom stereocenters. The zero-order chi connectivity index (χ0) is 18.2. The lowest BCUT2D eigenvalue weighted by atomic mass is 9.73. The molecule has 8 heteroatoms. The van der Waals surface area contributed by atoms with E-state index in [4.69, 9.17) is 34.8 Å². The van der Waals surface area contributed by atoms with Gasteiger partial charge in [0.1, 0.15) is 6.54 Å². The van der Waals surface area contributed by atoms with Crippen LogP contribution in [0.15, 0.2) is 12.1 Å². The molecular formula is C17H17Cl3N2O3. The minimum absolute atomic E-state index is 0.189. The number of imide groups is 1. The quantitative estimate of drug-likeness (QED) is 0.765. The lowest BCUT2D eigenvalue weighted by Gasteiger charge is -2.30. The van der Waals surface area contributed by atoms with Crippen molar-refractivity contribution in [2.24, 2.45) is 5.41 Å². The number of hydrogen-bond donors (Lipinski definition) is 1. The van der Waals surface area contributed by atoms with Crippen LogP contribution < -0.4 is 5.32 Å². The monoisotopic (exact) mass is 402 g/mol. The smallest absolute Gasteiger partial charge is 0.244 e. The van der Waals surface area contributed by atoms with E-state index in [1.54, 1.807) is 0 Å². The molecule has 1 aliphatic heterocycles. The number of benzene rings is 1. The van der Waals surface area contributed by atoms with Gasteiger partial charge in [-0.2, -0.15) is 0 Å². The molecule has 2 aliphatic rings. The van der Waals surface area contributed by atoms with Gasteiger partial charge in [-0.25, -0.2) is 0 Å². The van der Waals surface area contributed by atoms with Gasteiger partial charge in [-0.3, -0.25) is 19.3 Å². The number of halogens is 3. The minimum Gasteiger partial charge on any atom is -0.322 e. The maximum absolute atomic E-state index is 12.7. The van der Waals surface area contributed by atoms with Crippen LogP contribution in [0.1, 0.15) is 38.5 Å². The van der Waals surface area contributed by atoms with Crippen LogP contribution >= 0.6 is 34.8 Å². The average molecular weight is 404 g/mol. The van der Waals surface area contributed by atoms with E-state index >= 15 is 0 Å². The van der Waals surface area contributed by atoms with Crippen LogP contribution in [-0.2, 0) is 14.4 Å². The van der Waals surface area contributed by atoms with Crippen molar-refractivity contribution in [2.45, 2.75) is 38.5 Å². The topological polar surface area (TPSA) is 66.5 Å². The molecule has 1 saturated heterocycles. The number of carbonyl (C=O) groups excluding carboxylic acids is 3. The van der Waals surface area contributed by atoms with Gasteiger partial charge in [0.15, 0.2) is 0 Å². The van der Waals surface area contributed by atoms with Crippen molar-refractivity contribution in [2.75, 3.05) is 11.9 Å². The van der Waals surface area contributed by atoms with E-state index in [0.717, 1.165) is 24.2 Å². The van der Waals surface area contributed by atoms with Crippen LogP contribution in [0.5, 0.6) is 0 Å². The molecule has 0 bridgehead atoms. The third-order valence-corrected chi connectivity index (χ3v) is 5.69. The van der Waals surface area contributed by atoms with Crippen molar-refractivity contribution in [3.63, 3.8) is 0 Å². The Balaban J connectivity index is 1.71. The highest BCUT2D eigenvalue weighted by Crippen LogP contribution is 2.45. The summed E-state index contributed by atoms with van der Waals surface area (Å²) >= 11 is 17.9. The van der Waals surface area contributed by atoms with Gasteiger partial charge < -0.3 is 5.32 Å². The maximum atomic E-state index is 12.7. The molecule has 134 valence electrons. The standard InChI is InChI=1S/C17H17Cl3N2O3/c18-10-6-11(19)15(12(20)7-10)21-13(23)9-22-14(24)8-17(16(22)25)4-2-1-3-5-17/h6-7H,1-5,8-9H2,(H,21,23). The molecule has 1 spiro atoms. The number of rotatable bonds is 3. The van der Waals surface area contributed by atoms with Gasteiger partial charge >= 0.3 is 0 Å². The Morgan fingerprint density at radius 3 is 2.28 bits per heavy atom. The molecule has 25 heavy (non-hydrogen) atoms. The molecule has 3 rings (SSSR count). The van der Waals surface area contributed by atoms with Gasteiger partial charge in [0.25, 0.3) is 0 Å². The molecule has 1 heterocycles. The molecule has 1 saturated carbocycles. The van der Waals surface area contributed by atoms with E-state index in [1.165, 1.54) is 12.1 Å². The van der Waals surface area contributed by atoms with E-state index < -0.39 is 11.3 Å². The molecule has 1 aromatic carbocycles. The van der Waals surface area contributed by atoms with Crippen LogP contribution in [-0.4, -0.2) is 29.2 Å². The molecule has 0 aromatic heterocycles. The zero-order valence-electron chi connectivity index (χ0n) is 13.4. The van der Waals surface area contributed by atoms with Gasteiger partial charge in [-0.15, -0.1) is 0 Å². The average Bonchev–Trinajstić information content (AvgIpc) is 2.76. The summed E-state index contributed by atoms with van der Waals surface area (Å²) in [4.78, 5) is 38.4. The van der Waals surface area contributed by atoms with Crippen LogP contribution in [0.25, 0.3) is 0 Å². The Morgan fingerprint density at radius 1 is 1.08 bits per heavy atom. The molecular weight excluding hydrogens is 387 g/mol. The third-order valence-electron chi connectivity index (χ3n) is 4.87. The first kappa shape index (κ1) is 18.5. The van der Waals surface area contributed by atoms with Gasteiger partial charge in [-0.05, 0) is 25.0 Å². The summed E-state index contributed by atoms with van der Waals surface area (Å²) in [6.45, 7) is -0.339. The zero-order valence-corrected chi connectivity index (χ0v) is 15.7. The predicted molar refractivity (Wildman–Crippen MR) is 97.0 cm³/mol. The van der Waals surface area contributed by atoms with Crippen LogP contribution in [0.4, 0.5) is 5.69 Å². The second-order valence-electron chi connectivity index (χ2n) is 6.60. The van der Waals surface area contributed by atoms with E-state index in [2.05, 4.69) is 5.32 Å². The number of nitrogens with zero attached hydrogens (tertiary/aromatic N) is 1. The first-order valence-electron chi connectivity index (χ1n) is 8.12. The summed E-state index contributed by atoms with van der Waals surface area (Å²) in [5.74, 6) is -1.06. The normalized spacial score (nSPS) is 19.6. The summed E-state index contributed by atoms with van der Waals surface area (Å²) in [5.41, 5.74) is -0.394. The van der Waals surface area contributed by atoms with E-state index in [-0.39, 0.29) is 40.5 Å². The van der Waals surface area contributed by atoms with Crippen LogP contribution in [0.3, 0.4) is 0 Å². The predicted octanol–water partition coefficient (Wildman–Crippen LogP) is 4.29. The summed E-state index contributed by atoms with van der Waals surface area (Å²) in [6, 6.07) is 2.90. The van der Waals surface area contributed by atoms with Crippen molar-refractivity contribution in [1.82, 2.24) is 4.90 Å². The Morgan fingerprint density at radius 2 is 1.68 bits per heavy atom. The number of likely N-dealkylation sites (tertiary alicyclic amines) is 1. The summed E-state index contributed by atoms with van der Waals surface area (Å²) in [7, 11) is 0. The lowest BCUT2D eigenvalue weighted by molar-refractivity contribution is -0.144. The molecule has 0 radical (unpaired) electrons. The molecule has 2 fully saturated rings. The number of nitrogens with one attached hydrogen (secondary N) is 1. The van der Waals surface area contributed by atoms with Crippen molar-refractivity contribution in [1.29, 1.82) is 0 Å². The fourth-order valence-corrected chi connectivity index (χ4v) is 4.53. The number of carbonyl (C=O) groups is 3. The Labute approximate surface area is 160 Å². The van der Waals surface area contributed by atoms with Gasteiger partial charge in [-0.1, -0.05) is 54.1 Å². The molecule has 1 aromatic rings. The van der Waals surface area contributed by atoms with Crippen molar-refractivity contribution < 1.29 is 14.4 Å². The SMILES string of the molecule is O=C(CN1C(=O)CC2(CCCCC2)C1=O)Nc1c(Cl)cc(Cl)cc1Cl. The molecule has 3 amide bonds. The highest BCUT2D eigenvalue weighted by Gasteiger charge is 2.51. The first-order chi connectivity index (χ1) is 11.8. The second kappa shape index (κ2) is 7.14. The van der Waals surface area contributed by atoms with Crippen molar-refractivity contribution in [3.8, 4) is 0 Å². The highest BCUT2D eigenvalue weighted by molar-refractivity contribution is 6.42. The van der Waals surface area contributed by atoms with Gasteiger partial charge in [0.05, 0.1) is 21.1 Å². The largest absolute Gasteiger partial charge is 0.322 e. The van der Waals surface area contributed by atoms with Crippen LogP contribution in [0, 0.1) is 5.41 Å². The fourth-order valence-electron chi connectivity index (χ4n) is 3.62. The van der Waals surface area contributed by atoms with E-state index in [1.807, 2.05) is 0 Å². The fraction of sp³-hybridized carbons (Fsp3) is 0.471. The third kappa shape index (κ3) is 3.64. The Bertz CT molecular complexity index is 722. The highest BCUT2D eigenvalue weighted by atomic mass is 35.5. The van der Waals surface area contributed by atoms with E-state index in [0.29, 0.717) is 17.9 Å². The molecule has 1 aliphatic carbocycles. The van der Waals surface area contributed by atoms with E-state index in [9.17, 15) is 14.4 Å². The van der Waals surface area contributed by atoms with Gasteiger partial charge in [0.2, 0.25) is 17.7 Å². The molecule has 0 unspecified atom stereocenters. The summed E-state index contributed by atoms with van der Waals surface area (Å²) < 4.78 is 0. The minimum atomic E-state index is -0.606. The second-order valence-corrected chi connectivity index (χ2v) is 7.85. The summed E-state index contributed by atoms with van der Waals surface area (Å²) in [6.07, 6.45) is 4.58. The lowest BCUT2D eigenvalue weighted by Crippen LogP contribution is -2.41. The van der Waals surface area contributed by atoms with Gasteiger partial charge in [0, 0.05) is 11.4 Å². The summed E-state index contributed by atoms with van der Waals surface area (Å²) in [5, 5.41) is 3.28. The molecule has 5 nitrogen and oxygen atoms in total. The number of hydrogen-bond acceptors (Lipinski definition) is 3. The van der Waals surface area contributed by atoms with Crippen LogP contribution in [0.2, 0.25) is 15.1 Å². The first-order valence-corrected chi connectivity index (χ1v) is 9.25.